The van der Waals surface area contributed by atoms with Crippen molar-refractivity contribution in [2.45, 2.75) is 84.6 Å². The zero-order valence-electron chi connectivity index (χ0n) is 12.3. The molecule has 1 aliphatic carbocycles. The van der Waals surface area contributed by atoms with E-state index in [1.165, 1.54) is 64.3 Å². The third kappa shape index (κ3) is 7.08. The molecule has 17 heavy (non-hydrogen) atoms. The van der Waals surface area contributed by atoms with Gasteiger partial charge in [-0.3, -0.25) is 0 Å². The average Bonchev–Trinajstić information content (AvgIpc) is 3.15. The summed E-state index contributed by atoms with van der Waals surface area (Å²) in [5.41, 5.74) is 0. The van der Waals surface area contributed by atoms with E-state index in [9.17, 15) is 0 Å². The second-order valence-corrected chi connectivity index (χ2v) is 5.98. The Morgan fingerprint density at radius 3 is 2.41 bits per heavy atom. The molecule has 1 aliphatic rings. The van der Waals surface area contributed by atoms with Crippen molar-refractivity contribution in [2.75, 3.05) is 6.54 Å². The monoisotopic (exact) mass is 239 g/mol. The third-order valence-electron chi connectivity index (χ3n) is 4.16. The van der Waals surface area contributed by atoms with Gasteiger partial charge in [-0.2, -0.15) is 0 Å². The van der Waals surface area contributed by atoms with Gasteiger partial charge >= 0.3 is 0 Å². The predicted octanol–water partition coefficient (Wildman–Crippen LogP) is 4.76. The molecule has 0 aromatic carbocycles. The maximum atomic E-state index is 3.78. The maximum Gasteiger partial charge on any atom is 0.00723 e. The molecule has 0 heterocycles. The molecule has 1 rings (SSSR count). The number of nitrogens with one attached hydrogen (secondary N) is 1. The molecule has 1 fully saturated rings. The van der Waals surface area contributed by atoms with Gasteiger partial charge in [-0.25, -0.2) is 0 Å². The summed E-state index contributed by atoms with van der Waals surface area (Å²) in [7, 11) is 0. The Morgan fingerprint density at radius 1 is 1.12 bits per heavy atom. The Balaban J connectivity index is 2.26. The summed E-state index contributed by atoms with van der Waals surface area (Å²) in [6.45, 7) is 8.16. The largest absolute Gasteiger partial charge is 0.314 e. The quantitative estimate of drug-likeness (QED) is 0.548. The van der Waals surface area contributed by atoms with Crippen LogP contribution in [0.15, 0.2) is 0 Å². The minimum Gasteiger partial charge on any atom is -0.314 e. The minimum atomic E-state index is 0.809. The fourth-order valence-electron chi connectivity index (χ4n) is 2.75. The lowest BCUT2D eigenvalue weighted by molar-refractivity contribution is 0.329. The smallest absolute Gasteiger partial charge is 0.00723 e. The Labute approximate surface area is 109 Å². The molecule has 0 radical (unpaired) electrons. The molecule has 102 valence electrons. The van der Waals surface area contributed by atoms with Crippen LogP contribution in [-0.4, -0.2) is 12.6 Å². The highest BCUT2D eigenvalue weighted by atomic mass is 14.9. The van der Waals surface area contributed by atoms with Crippen LogP contribution in [0.1, 0.15) is 78.6 Å². The fourth-order valence-corrected chi connectivity index (χ4v) is 2.75. The van der Waals surface area contributed by atoms with E-state index in [1.54, 1.807) is 0 Å². The van der Waals surface area contributed by atoms with E-state index in [4.69, 9.17) is 0 Å². The lowest BCUT2D eigenvalue weighted by atomic mass is 9.90. The van der Waals surface area contributed by atoms with Crippen molar-refractivity contribution in [1.82, 2.24) is 5.32 Å². The molecule has 1 heteroatoms. The third-order valence-corrected chi connectivity index (χ3v) is 4.16. The van der Waals surface area contributed by atoms with E-state index >= 15 is 0 Å². The standard InChI is InChI=1S/C16H33N/c1-4-7-8-14(6-3)12-16(17-11-5-2)13-15-9-10-15/h14-17H,4-13H2,1-3H3. The van der Waals surface area contributed by atoms with Crippen molar-refractivity contribution < 1.29 is 0 Å². The van der Waals surface area contributed by atoms with Gasteiger partial charge < -0.3 is 5.32 Å². The first-order valence-electron chi connectivity index (χ1n) is 8.03. The van der Waals surface area contributed by atoms with Crippen LogP contribution in [0.3, 0.4) is 0 Å². The average molecular weight is 239 g/mol. The van der Waals surface area contributed by atoms with Crippen LogP contribution in [0.2, 0.25) is 0 Å². The first-order valence-corrected chi connectivity index (χ1v) is 8.03. The molecule has 0 aromatic rings. The summed E-state index contributed by atoms with van der Waals surface area (Å²) in [6, 6.07) is 0.809. The molecule has 0 aliphatic heterocycles. The Bertz CT molecular complexity index is 174. The highest BCUT2D eigenvalue weighted by molar-refractivity contribution is 4.81. The second-order valence-electron chi connectivity index (χ2n) is 5.98. The SMILES string of the molecule is CCCCC(CC)CC(CC1CC1)NCCC. The van der Waals surface area contributed by atoms with Gasteiger partial charge in [0.15, 0.2) is 0 Å². The summed E-state index contributed by atoms with van der Waals surface area (Å²) in [4.78, 5) is 0. The van der Waals surface area contributed by atoms with Crippen LogP contribution in [0.25, 0.3) is 0 Å². The van der Waals surface area contributed by atoms with Crippen molar-refractivity contribution in [1.29, 1.82) is 0 Å². The van der Waals surface area contributed by atoms with Crippen LogP contribution in [0, 0.1) is 11.8 Å². The number of hydrogen-bond donors (Lipinski definition) is 1. The van der Waals surface area contributed by atoms with Crippen LogP contribution in [0.4, 0.5) is 0 Å². The molecule has 1 N–H and O–H groups in total. The molecule has 0 aromatic heterocycles. The van der Waals surface area contributed by atoms with Gasteiger partial charge in [-0.15, -0.1) is 0 Å². The van der Waals surface area contributed by atoms with Crippen molar-refractivity contribution in [3.8, 4) is 0 Å². The van der Waals surface area contributed by atoms with Gasteiger partial charge in [0.25, 0.3) is 0 Å². The highest BCUT2D eigenvalue weighted by Gasteiger charge is 2.26. The maximum absolute atomic E-state index is 3.78. The first-order chi connectivity index (χ1) is 8.30. The van der Waals surface area contributed by atoms with E-state index in [0.29, 0.717) is 0 Å². The summed E-state index contributed by atoms with van der Waals surface area (Å²) < 4.78 is 0. The van der Waals surface area contributed by atoms with Gasteiger partial charge in [0, 0.05) is 6.04 Å². The normalized spacial score (nSPS) is 19.2. The molecule has 0 amide bonds. The molecular formula is C16H33N. The van der Waals surface area contributed by atoms with Gasteiger partial charge in [0.1, 0.15) is 0 Å². The molecule has 2 unspecified atom stereocenters. The van der Waals surface area contributed by atoms with E-state index in [-0.39, 0.29) is 0 Å². The summed E-state index contributed by atoms with van der Waals surface area (Å²) >= 11 is 0. The van der Waals surface area contributed by atoms with Crippen LogP contribution in [0.5, 0.6) is 0 Å². The Kier molecular flexibility index (Phi) is 7.92. The number of unbranched alkanes of at least 4 members (excludes halogenated alkanes) is 1. The van der Waals surface area contributed by atoms with E-state index < -0.39 is 0 Å². The lowest BCUT2D eigenvalue weighted by Gasteiger charge is -2.24. The molecule has 0 saturated heterocycles. The number of hydrogen-bond acceptors (Lipinski definition) is 1. The molecular weight excluding hydrogens is 206 g/mol. The van der Waals surface area contributed by atoms with Crippen LogP contribution >= 0.6 is 0 Å². The van der Waals surface area contributed by atoms with Crippen molar-refractivity contribution in [3.05, 3.63) is 0 Å². The predicted molar refractivity (Wildman–Crippen MR) is 77.3 cm³/mol. The van der Waals surface area contributed by atoms with Gasteiger partial charge in [-0.1, -0.05) is 59.3 Å². The van der Waals surface area contributed by atoms with E-state index in [0.717, 1.165) is 17.9 Å². The Morgan fingerprint density at radius 2 is 1.88 bits per heavy atom. The molecule has 1 saturated carbocycles. The van der Waals surface area contributed by atoms with E-state index in [2.05, 4.69) is 26.1 Å². The highest BCUT2D eigenvalue weighted by Crippen LogP contribution is 2.35. The molecule has 0 bridgehead atoms. The van der Waals surface area contributed by atoms with Gasteiger partial charge in [0.05, 0.1) is 0 Å². The molecule has 1 nitrogen and oxygen atoms in total. The summed E-state index contributed by atoms with van der Waals surface area (Å²) in [5.74, 6) is 2.02. The minimum absolute atomic E-state index is 0.809. The number of rotatable bonds is 11. The lowest BCUT2D eigenvalue weighted by Crippen LogP contribution is -2.32. The van der Waals surface area contributed by atoms with Crippen molar-refractivity contribution in [2.24, 2.45) is 11.8 Å². The van der Waals surface area contributed by atoms with Crippen molar-refractivity contribution >= 4 is 0 Å². The zero-order chi connectivity index (χ0) is 12.5. The van der Waals surface area contributed by atoms with Crippen LogP contribution < -0.4 is 5.32 Å². The summed E-state index contributed by atoms with van der Waals surface area (Å²) in [5, 5.41) is 3.78. The second kappa shape index (κ2) is 8.97. The summed E-state index contributed by atoms with van der Waals surface area (Å²) in [6.07, 6.45) is 12.7. The van der Waals surface area contributed by atoms with E-state index in [1.807, 2.05) is 0 Å². The topological polar surface area (TPSA) is 12.0 Å². The van der Waals surface area contributed by atoms with Crippen LogP contribution in [-0.2, 0) is 0 Å². The van der Waals surface area contributed by atoms with Gasteiger partial charge in [-0.05, 0) is 37.6 Å². The van der Waals surface area contributed by atoms with Crippen molar-refractivity contribution in [3.63, 3.8) is 0 Å². The Hall–Kier alpha value is -0.0400. The van der Waals surface area contributed by atoms with Gasteiger partial charge in [0.2, 0.25) is 0 Å². The zero-order valence-corrected chi connectivity index (χ0v) is 12.3. The molecule has 2 atom stereocenters. The fraction of sp³-hybridized carbons (Fsp3) is 1.00. The molecule has 0 spiro atoms. The first kappa shape index (κ1) is 15.0.